The summed E-state index contributed by atoms with van der Waals surface area (Å²) < 4.78 is 58.0. The van der Waals surface area contributed by atoms with E-state index in [-0.39, 0.29) is 17.2 Å². The van der Waals surface area contributed by atoms with Crippen molar-refractivity contribution in [2.45, 2.75) is 11.8 Å². The van der Waals surface area contributed by atoms with Crippen LogP contribution in [0.5, 0.6) is 0 Å². The molecule has 0 unspecified atom stereocenters. The number of halogens is 2. The first-order chi connectivity index (χ1) is 11.4. The number of nitrogens with zero attached hydrogens (tertiary/aromatic N) is 1. The summed E-state index contributed by atoms with van der Waals surface area (Å²) in [6, 6.07) is 9.17. The molecular formula is C16H15F2NO4S. The average Bonchev–Trinajstić information content (AvgIpc) is 2.54. The normalized spacial score (nSPS) is 11.1. The lowest BCUT2D eigenvalue weighted by molar-refractivity contribution is -0.141. The van der Waals surface area contributed by atoms with Gasteiger partial charge in [0, 0.05) is 0 Å². The van der Waals surface area contributed by atoms with Gasteiger partial charge in [-0.15, -0.1) is 0 Å². The van der Waals surface area contributed by atoms with Crippen molar-refractivity contribution in [2.24, 2.45) is 0 Å². The molecule has 2 aromatic carbocycles. The second-order valence-corrected chi connectivity index (χ2v) is 6.58. The lowest BCUT2D eigenvalue weighted by atomic mass is 10.3. The fraction of sp³-hybridized carbons (Fsp3) is 0.188. The number of esters is 1. The number of carbonyl (C=O) groups excluding carboxylic acids is 1. The highest BCUT2D eigenvalue weighted by atomic mass is 32.2. The van der Waals surface area contributed by atoms with Crippen LogP contribution in [0.15, 0.2) is 53.4 Å². The molecule has 0 aliphatic carbocycles. The molecule has 2 aromatic rings. The average molecular weight is 355 g/mol. The summed E-state index contributed by atoms with van der Waals surface area (Å²) in [6.07, 6.45) is 0. The van der Waals surface area contributed by atoms with Crippen LogP contribution < -0.4 is 4.31 Å². The van der Waals surface area contributed by atoms with Gasteiger partial charge in [0.15, 0.2) is 0 Å². The quantitative estimate of drug-likeness (QED) is 0.748. The van der Waals surface area contributed by atoms with Gasteiger partial charge in [-0.25, -0.2) is 17.2 Å². The van der Waals surface area contributed by atoms with Crippen LogP contribution in [-0.2, 0) is 19.6 Å². The van der Waals surface area contributed by atoms with Gasteiger partial charge in [-0.1, -0.05) is 12.1 Å². The molecule has 0 saturated carbocycles. The van der Waals surface area contributed by atoms with Crippen molar-refractivity contribution in [1.82, 2.24) is 0 Å². The first-order valence-electron chi connectivity index (χ1n) is 7.04. The predicted molar refractivity (Wildman–Crippen MR) is 84.0 cm³/mol. The Labute approximate surface area is 138 Å². The number of hydrogen-bond acceptors (Lipinski definition) is 4. The maximum absolute atomic E-state index is 14.1. The molecule has 0 bridgehead atoms. The second kappa shape index (κ2) is 7.39. The molecule has 0 spiro atoms. The molecule has 0 radical (unpaired) electrons. The minimum Gasteiger partial charge on any atom is -0.465 e. The van der Waals surface area contributed by atoms with Gasteiger partial charge in [-0.2, -0.15) is 0 Å². The first kappa shape index (κ1) is 17.9. The van der Waals surface area contributed by atoms with Crippen LogP contribution in [0.25, 0.3) is 0 Å². The van der Waals surface area contributed by atoms with Crippen LogP contribution in [0.2, 0.25) is 0 Å². The Morgan fingerprint density at radius 3 is 2.29 bits per heavy atom. The number of sulfonamides is 1. The highest BCUT2D eigenvalue weighted by molar-refractivity contribution is 7.92. The van der Waals surface area contributed by atoms with E-state index < -0.39 is 34.2 Å². The summed E-state index contributed by atoms with van der Waals surface area (Å²) in [5, 5.41) is 0. The molecule has 0 atom stereocenters. The van der Waals surface area contributed by atoms with Crippen molar-refractivity contribution in [1.29, 1.82) is 0 Å². The molecule has 2 rings (SSSR count). The number of carbonyl (C=O) groups is 1. The van der Waals surface area contributed by atoms with Crippen molar-refractivity contribution < 1.29 is 26.7 Å². The highest BCUT2D eigenvalue weighted by Gasteiger charge is 2.29. The maximum atomic E-state index is 14.1. The summed E-state index contributed by atoms with van der Waals surface area (Å²) in [6.45, 7) is 0.925. The van der Waals surface area contributed by atoms with Crippen LogP contribution in [0, 0.1) is 11.6 Å². The van der Waals surface area contributed by atoms with E-state index in [9.17, 15) is 22.0 Å². The van der Waals surface area contributed by atoms with Crippen molar-refractivity contribution in [3.05, 3.63) is 60.2 Å². The zero-order valence-electron chi connectivity index (χ0n) is 12.8. The molecule has 0 amide bonds. The third-order valence-corrected chi connectivity index (χ3v) is 4.87. The lowest BCUT2D eigenvalue weighted by Crippen LogP contribution is -2.37. The third kappa shape index (κ3) is 3.88. The monoisotopic (exact) mass is 355 g/mol. The predicted octanol–water partition coefficient (Wildman–Crippen LogP) is 2.72. The van der Waals surface area contributed by atoms with E-state index in [0.717, 1.165) is 30.3 Å². The molecule has 5 nitrogen and oxygen atoms in total. The van der Waals surface area contributed by atoms with Gasteiger partial charge < -0.3 is 4.74 Å². The number of rotatable bonds is 6. The number of benzene rings is 2. The molecule has 0 N–H and O–H groups in total. The number of hydrogen-bond donors (Lipinski definition) is 0. The summed E-state index contributed by atoms with van der Waals surface area (Å²) in [4.78, 5) is 11.5. The number of para-hydroxylation sites is 1. The molecule has 8 heteroatoms. The van der Waals surface area contributed by atoms with Gasteiger partial charge in [0.25, 0.3) is 10.0 Å². The Morgan fingerprint density at radius 2 is 1.71 bits per heavy atom. The van der Waals surface area contributed by atoms with Crippen molar-refractivity contribution >= 4 is 21.7 Å². The first-order valence-corrected chi connectivity index (χ1v) is 8.48. The summed E-state index contributed by atoms with van der Waals surface area (Å²) in [5.41, 5.74) is -0.296. The molecule has 0 aromatic heterocycles. The maximum Gasteiger partial charge on any atom is 0.326 e. The standard InChI is InChI=1S/C16H15F2NO4S/c1-2-23-16(20)11-19(15-6-4-3-5-14(15)18)24(21,22)13-9-7-12(17)8-10-13/h3-10H,2,11H2,1H3. The van der Waals surface area contributed by atoms with E-state index in [0.29, 0.717) is 4.31 Å². The van der Waals surface area contributed by atoms with Crippen molar-refractivity contribution in [3.8, 4) is 0 Å². The number of anilines is 1. The van der Waals surface area contributed by atoms with E-state index in [4.69, 9.17) is 4.74 Å². The minimum absolute atomic E-state index is 0.0561. The molecule has 0 saturated heterocycles. The molecule has 24 heavy (non-hydrogen) atoms. The second-order valence-electron chi connectivity index (χ2n) is 4.72. The molecular weight excluding hydrogens is 340 g/mol. The van der Waals surface area contributed by atoms with Gasteiger partial charge in [0.1, 0.15) is 18.2 Å². The number of ether oxygens (including phenoxy) is 1. The topological polar surface area (TPSA) is 63.7 Å². The lowest BCUT2D eigenvalue weighted by Gasteiger charge is -2.24. The zero-order valence-corrected chi connectivity index (χ0v) is 13.6. The van der Waals surface area contributed by atoms with Crippen molar-refractivity contribution in [2.75, 3.05) is 17.5 Å². The van der Waals surface area contributed by atoms with Gasteiger partial charge in [0.05, 0.1) is 17.2 Å². The van der Waals surface area contributed by atoms with Crippen LogP contribution in [0.3, 0.4) is 0 Å². The molecule has 0 aliphatic rings. The Hall–Kier alpha value is -2.48. The Bertz CT molecular complexity index is 822. The van der Waals surface area contributed by atoms with E-state index in [1.54, 1.807) is 6.92 Å². The Kier molecular flexibility index (Phi) is 5.50. The summed E-state index contributed by atoms with van der Waals surface area (Å²) in [7, 11) is -4.28. The van der Waals surface area contributed by atoms with Gasteiger partial charge in [-0.3, -0.25) is 9.10 Å². The van der Waals surface area contributed by atoms with Crippen LogP contribution >= 0.6 is 0 Å². The van der Waals surface area contributed by atoms with Crippen LogP contribution in [0.1, 0.15) is 6.92 Å². The van der Waals surface area contributed by atoms with E-state index in [2.05, 4.69) is 0 Å². The van der Waals surface area contributed by atoms with Crippen molar-refractivity contribution in [3.63, 3.8) is 0 Å². The van der Waals surface area contributed by atoms with Crippen LogP contribution in [-0.4, -0.2) is 27.5 Å². The van der Waals surface area contributed by atoms with E-state index >= 15 is 0 Å². The SMILES string of the molecule is CCOC(=O)CN(c1ccccc1F)S(=O)(=O)c1ccc(F)cc1. The fourth-order valence-corrected chi connectivity index (χ4v) is 3.43. The molecule has 0 fully saturated rings. The Morgan fingerprint density at radius 1 is 1.08 bits per heavy atom. The Balaban J connectivity index is 2.50. The summed E-state index contributed by atoms with van der Waals surface area (Å²) >= 11 is 0. The van der Waals surface area contributed by atoms with Gasteiger partial charge >= 0.3 is 5.97 Å². The van der Waals surface area contributed by atoms with Crippen LogP contribution in [0.4, 0.5) is 14.5 Å². The molecule has 0 aliphatic heterocycles. The largest absolute Gasteiger partial charge is 0.465 e. The van der Waals surface area contributed by atoms with E-state index in [1.165, 1.54) is 18.2 Å². The summed E-state index contributed by atoms with van der Waals surface area (Å²) in [5.74, 6) is -2.25. The van der Waals surface area contributed by atoms with E-state index in [1.807, 2.05) is 0 Å². The fourth-order valence-electron chi connectivity index (χ4n) is 2.01. The molecule has 128 valence electrons. The highest BCUT2D eigenvalue weighted by Crippen LogP contribution is 2.26. The van der Waals surface area contributed by atoms with Gasteiger partial charge in [-0.05, 0) is 43.3 Å². The minimum atomic E-state index is -4.28. The van der Waals surface area contributed by atoms with Gasteiger partial charge in [0.2, 0.25) is 0 Å². The smallest absolute Gasteiger partial charge is 0.326 e. The third-order valence-electron chi connectivity index (χ3n) is 3.10. The zero-order chi connectivity index (χ0) is 17.7. The molecule has 0 heterocycles.